The molecule has 0 saturated carbocycles. The highest BCUT2D eigenvalue weighted by atomic mass is 16.5. The Balaban J connectivity index is 2.67. The van der Waals surface area contributed by atoms with Crippen molar-refractivity contribution >= 4 is 12.2 Å². The van der Waals surface area contributed by atoms with Gasteiger partial charge in [0.15, 0.2) is 6.29 Å². The first-order chi connectivity index (χ1) is 8.42. The SMILES string of the molecule is Cc1cc(C=O)c(C)n1C1=C(C#N)C(C)(C)CO1. The number of aldehydes is 1. The van der Waals surface area contributed by atoms with Gasteiger partial charge in [-0.05, 0) is 19.9 Å². The van der Waals surface area contributed by atoms with Gasteiger partial charge >= 0.3 is 0 Å². The van der Waals surface area contributed by atoms with Gasteiger partial charge in [0.05, 0.1) is 12.2 Å². The molecular formula is C14H16N2O2. The zero-order chi connectivity index (χ0) is 13.5. The van der Waals surface area contributed by atoms with E-state index in [0.29, 0.717) is 23.6 Å². The molecule has 94 valence electrons. The van der Waals surface area contributed by atoms with E-state index in [1.165, 1.54) is 0 Å². The molecule has 2 rings (SSSR count). The molecule has 18 heavy (non-hydrogen) atoms. The summed E-state index contributed by atoms with van der Waals surface area (Å²) in [4.78, 5) is 11.0. The largest absolute Gasteiger partial charge is 0.477 e. The molecule has 0 aliphatic carbocycles. The first kappa shape index (κ1) is 12.4. The maximum atomic E-state index is 11.0. The highest BCUT2D eigenvalue weighted by Gasteiger charge is 2.36. The van der Waals surface area contributed by atoms with Crippen LogP contribution in [0.3, 0.4) is 0 Å². The van der Waals surface area contributed by atoms with Crippen LogP contribution < -0.4 is 0 Å². The molecule has 1 aromatic rings. The van der Waals surface area contributed by atoms with Crippen LogP contribution in [0.2, 0.25) is 0 Å². The lowest BCUT2D eigenvalue weighted by atomic mass is 9.88. The number of hydrogen-bond donors (Lipinski definition) is 0. The standard InChI is InChI=1S/C14H16N2O2/c1-9-5-11(7-17)10(2)16(9)13-12(6-15)14(3,4)8-18-13/h5,7H,8H2,1-4H3. The summed E-state index contributed by atoms with van der Waals surface area (Å²) in [6.45, 7) is 8.20. The van der Waals surface area contributed by atoms with Crippen molar-refractivity contribution in [2.45, 2.75) is 27.7 Å². The Hall–Kier alpha value is -2.02. The van der Waals surface area contributed by atoms with Crippen molar-refractivity contribution in [3.8, 4) is 6.07 Å². The fourth-order valence-corrected chi connectivity index (χ4v) is 2.28. The van der Waals surface area contributed by atoms with Gasteiger partial charge in [0.2, 0.25) is 5.88 Å². The number of ether oxygens (including phenoxy) is 1. The summed E-state index contributed by atoms with van der Waals surface area (Å²) in [7, 11) is 0. The van der Waals surface area contributed by atoms with E-state index in [0.717, 1.165) is 17.7 Å². The van der Waals surface area contributed by atoms with Gasteiger partial charge in [0.25, 0.3) is 0 Å². The lowest BCUT2D eigenvalue weighted by Gasteiger charge is -2.13. The Bertz CT molecular complexity index is 586. The third kappa shape index (κ3) is 1.63. The van der Waals surface area contributed by atoms with E-state index in [9.17, 15) is 10.1 Å². The third-order valence-corrected chi connectivity index (χ3v) is 3.37. The van der Waals surface area contributed by atoms with Crippen LogP contribution in [0, 0.1) is 30.6 Å². The molecule has 2 heterocycles. The summed E-state index contributed by atoms with van der Waals surface area (Å²) in [5, 5.41) is 9.31. The molecule has 0 spiro atoms. The highest BCUT2D eigenvalue weighted by Crippen LogP contribution is 2.39. The lowest BCUT2D eigenvalue weighted by molar-refractivity contribution is 0.112. The van der Waals surface area contributed by atoms with Gasteiger partial charge < -0.3 is 4.74 Å². The van der Waals surface area contributed by atoms with Crippen molar-refractivity contribution in [2.75, 3.05) is 6.61 Å². The zero-order valence-electron chi connectivity index (χ0n) is 11.1. The van der Waals surface area contributed by atoms with Crippen LogP contribution in [-0.2, 0) is 4.74 Å². The number of hydrogen-bond acceptors (Lipinski definition) is 3. The number of carbonyl (C=O) groups excluding carboxylic acids is 1. The summed E-state index contributed by atoms with van der Waals surface area (Å²) < 4.78 is 7.53. The molecule has 4 heteroatoms. The van der Waals surface area contributed by atoms with Crippen molar-refractivity contribution in [1.29, 1.82) is 5.26 Å². The summed E-state index contributed by atoms with van der Waals surface area (Å²) >= 11 is 0. The second-order valence-corrected chi connectivity index (χ2v) is 5.24. The zero-order valence-corrected chi connectivity index (χ0v) is 11.1. The predicted molar refractivity (Wildman–Crippen MR) is 67.9 cm³/mol. The highest BCUT2D eigenvalue weighted by molar-refractivity contribution is 5.78. The lowest BCUT2D eigenvalue weighted by Crippen LogP contribution is -2.13. The van der Waals surface area contributed by atoms with E-state index in [-0.39, 0.29) is 5.41 Å². The number of rotatable bonds is 2. The van der Waals surface area contributed by atoms with E-state index in [1.807, 2.05) is 32.3 Å². The van der Waals surface area contributed by atoms with Crippen molar-refractivity contribution < 1.29 is 9.53 Å². The quantitative estimate of drug-likeness (QED) is 0.751. The first-order valence-corrected chi connectivity index (χ1v) is 5.84. The van der Waals surface area contributed by atoms with E-state index < -0.39 is 0 Å². The fraction of sp³-hybridized carbons (Fsp3) is 0.429. The smallest absolute Gasteiger partial charge is 0.212 e. The summed E-state index contributed by atoms with van der Waals surface area (Å²) in [6, 6.07) is 4.03. The summed E-state index contributed by atoms with van der Waals surface area (Å²) in [6.07, 6.45) is 0.825. The second kappa shape index (κ2) is 4.02. The van der Waals surface area contributed by atoms with E-state index in [2.05, 4.69) is 6.07 Å². The number of aromatic nitrogens is 1. The maximum absolute atomic E-state index is 11.0. The minimum absolute atomic E-state index is 0.283. The second-order valence-electron chi connectivity index (χ2n) is 5.24. The van der Waals surface area contributed by atoms with E-state index in [1.54, 1.807) is 6.07 Å². The molecule has 0 unspecified atom stereocenters. The maximum Gasteiger partial charge on any atom is 0.212 e. The Kier molecular flexibility index (Phi) is 2.78. The topological polar surface area (TPSA) is 55.0 Å². The monoisotopic (exact) mass is 244 g/mol. The van der Waals surface area contributed by atoms with Crippen molar-refractivity contribution in [2.24, 2.45) is 5.41 Å². The molecule has 0 saturated heterocycles. The molecule has 1 aliphatic heterocycles. The molecule has 1 aliphatic rings. The molecule has 0 amide bonds. The van der Waals surface area contributed by atoms with Gasteiger partial charge in [0, 0.05) is 22.4 Å². The summed E-state index contributed by atoms with van der Waals surface area (Å²) in [5.74, 6) is 0.561. The van der Waals surface area contributed by atoms with Gasteiger partial charge in [-0.15, -0.1) is 0 Å². The van der Waals surface area contributed by atoms with Gasteiger partial charge in [-0.2, -0.15) is 5.26 Å². The third-order valence-electron chi connectivity index (χ3n) is 3.37. The minimum Gasteiger partial charge on any atom is -0.477 e. The van der Waals surface area contributed by atoms with E-state index in [4.69, 9.17) is 4.74 Å². The average Bonchev–Trinajstić information content (AvgIpc) is 2.75. The Morgan fingerprint density at radius 2 is 2.17 bits per heavy atom. The number of aryl methyl sites for hydroxylation is 1. The minimum atomic E-state index is -0.283. The first-order valence-electron chi connectivity index (χ1n) is 5.84. The molecule has 1 aromatic heterocycles. The molecule has 4 nitrogen and oxygen atoms in total. The van der Waals surface area contributed by atoms with Crippen LogP contribution in [0.15, 0.2) is 11.6 Å². The Morgan fingerprint density at radius 3 is 2.67 bits per heavy atom. The van der Waals surface area contributed by atoms with Crippen molar-refractivity contribution in [1.82, 2.24) is 4.57 Å². The molecule has 0 radical (unpaired) electrons. The van der Waals surface area contributed by atoms with Gasteiger partial charge in [-0.25, -0.2) is 0 Å². The van der Waals surface area contributed by atoms with Gasteiger partial charge in [-0.1, -0.05) is 13.8 Å². The molecule has 0 atom stereocenters. The van der Waals surface area contributed by atoms with Gasteiger partial charge in [-0.3, -0.25) is 9.36 Å². The van der Waals surface area contributed by atoms with E-state index >= 15 is 0 Å². The fourth-order valence-electron chi connectivity index (χ4n) is 2.28. The number of carbonyl (C=O) groups is 1. The molecular weight excluding hydrogens is 228 g/mol. The van der Waals surface area contributed by atoms with Crippen molar-refractivity contribution in [3.05, 3.63) is 28.6 Å². The van der Waals surface area contributed by atoms with Crippen LogP contribution in [0.5, 0.6) is 0 Å². The molecule has 0 fully saturated rings. The molecule has 0 N–H and O–H groups in total. The molecule has 0 bridgehead atoms. The van der Waals surface area contributed by atoms with Crippen LogP contribution in [0.4, 0.5) is 0 Å². The Labute approximate surface area is 106 Å². The van der Waals surface area contributed by atoms with Crippen LogP contribution in [0.25, 0.3) is 5.88 Å². The van der Waals surface area contributed by atoms with Crippen LogP contribution in [-0.4, -0.2) is 17.5 Å². The van der Waals surface area contributed by atoms with Crippen molar-refractivity contribution in [3.63, 3.8) is 0 Å². The summed E-state index contributed by atoms with van der Waals surface area (Å²) in [5.41, 5.74) is 2.68. The normalized spacial score (nSPS) is 17.5. The predicted octanol–water partition coefficient (Wildman–Crippen LogP) is 2.67. The average molecular weight is 244 g/mol. The van der Waals surface area contributed by atoms with Crippen LogP contribution >= 0.6 is 0 Å². The number of nitriles is 1. The van der Waals surface area contributed by atoms with Gasteiger partial charge in [0.1, 0.15) is 6.07 Å². The van der Waals surface area contributed by atoms with Crippen LogP contribution in [0.1, 0.15) is 35.6 Å². The Morgan fingerprint density at radius 1 is 1.50 bits per heavy atom. The number of nitrogens with zero attached hydrogens (tertiary/aromatic N) is 2. The molecule has 0 aromatic carbocycles.